The lowest BCUT2D eigenvalue weighted by molar-refractivity contribution is -0.137. The van der Waals surface area contributed by atoms with Gasteiger partial charge >= 0.3 is 6.18 Å². The SMILES string of the molecule is CCOc1cccc(C(C)NC(C)c2ccc(C(F)(F)F)cc2)c1. The molecule has 0 saturated carbocycles. The lowest BCUT2D eigenvalue weighted by Gasteiger charge is -2.21. The lowest BCUT2D eigenvalue weighted by Crippen LogP contribution is -2.22. The molecule has 0 heterocycles. The van der Waals surface area contributed by atoms with Crippen molar-refractivity contribution in [1.82, 2.24) is 5.32 Å². The fourth-order valence-electron chi connectivity index (χ4n) is 2.57. The average molecular weight is 337 g/mol. The Kier molecular flexibility index (Phi) is 5.89. The molecule has 0 aliphatic heterocycles. The summed E-state index contributed by atoms with van der Waals surface area (Å²) in [4.78, 5) is 0. The Hall–Kier alpha value is -2.01. The molecular formula is C19H22F3NO. The van der Waals surface area contributed by atoms with Gasteiger partial charge in [0.15, 0.2) is 0 Å². The lowest BCUT2D eigenvalue weighted by atomic mass is 10.0. The second-order valence-corrected chi connectivity index (χ2v) is 5.74. The van der Waals surface area contributed by atoms with Gasteiger partial charge in [0.05, 0.1) is 12.2 Å². The molecule has 2 aromatic carbocycles. The van der Waals surface area contributed by atoms with Crippen molar-refractivity contribution in [3.05, 3.63) is 65.2 Å². The van der Waals surface area contributed by atoms with Gasteiger partial charge in [-0.1, -0.05) is 24.3 Å². The molecule has 0 spiro atoms. The predicted octanol–water partition coefficient (Wildman–Crippen LogP) is 5.52. The highest BCUT2D eigenvalue weighted by Gasteiger charge is 2.30. The molecule has 2 nitrogen and oxygen atoms in total. The molecule has 24 heavy (non-hydrogen) atoms. The monoisotopic (exact) mass is 337 g/mol. The molecule has 5 heteroatoms. The maximum atomic E-state index is 12.6. The van der Waals surface area contributed by atoms with Gasteiger partial charge in [-0.2, -0.15) is 13.2 Å². The standard InChI is InChI=1S/C19H22F3NO/c1-4-24-18-7-5-6-16(12-18)14(3)23-13(2)15-8-10-17(11-9-15)19(20,21)22/h5-14,23H,4H2,1-3H3. The first-order valence-corrected chi connectivity index (χ1v) is 7.97. The van der Waals surface area contributed by atoms with Crippen LogP contribution in [0, 0.1) is 0 Å². The van der Waals surface area contributed by atoms with Crippen molar-refractivity contribution in [2.45, 2.75) is 39.0 Å². The summed E-state index contributed by atoms with van der Waals surface area (Å²) in [6, 6.07) is 13.1. The Bertz CT molecular complexity index is 652. The number of rotatable bonds is 6. The first-order chi connectivity index (χ1) is 11.3. The molecule has 2 rings (SSSR count). The van der Waals surface area contributed by atoms with Gasteiger partial charge in [-0.15, -0.1) is 0 Å². The summed E-state index contributed by atoms with van der Waals surface area (Å²) in [5.74, 6) is 0.811. The fraction of sp³-hybridized carbons (Fsp3) is 0.368. The van der Waals surface area contributed by atoms with E-state index in [0.29, 0.717) is 6.61 Å². The van der Waals surface area contributed by atoms with E-state index in [9.17, 15) is 13.2 Å². The predicted molar refractivity (Wildman–Crippen MR) is 89.0 cm³/mol. The van der Waals surface area contributed by atoms with Gasteiger partial charge in [-0.05, 0) is 56.2 Å². The Morgan fingerprint density at radius 2 is 1.58 bits per heavy atom. The molecule has 0 aliphatic carbocycles. The van der Waals surface area contributed by atoms with Crippen molar-refractivity contribution >= 4 is 0 Å². The summed E-state index contributed by atoms with van der Waals surface area (Å²) >= 11 is 0. The molecule has 0 fully saturated rings. The van der Waals surface area contributed by atoms with Gasteiger partial charge in [-0.25, -0.2) is 0 Å². The van der Waals surface area contributed by atoms with Crippen LogP contribution in [0.2, 0.25) is 0 Å². The van der Waals surface area contributed by atoms with Crippen LogP contribution < -0.4 is 10.1 Å². The molecule has 1 N–H and O–H groups in total. The van der Waals surface area contributed by atoms with Crippen LogP contribution >= 0.6 is 0 Å². The quantitative estimate of drug-likeness (QED) is 0.750. The van der Waals surface area contributed by atoms with Crippen LogP contribution in [0.25, 0.3) is 0 Å². The largest absolute Gasteiger partial charge is 0.494 e. The summed E-state index contributed by atoms with van der Waals surface area (Å²) in [7, 11) is 0. The Morgan fingerprint density at radius 1 is 0.958 bits per heavy atom. The fourth-order valence-corrected chi connectivity index (χ4v) is 2.57. The van der Waals surface area contributed by atoms with Crippen LogP contribution in [0.3, 0.4) is 0 Å². The highest BCUT2D eigenvalue weighted by molar-refractivity contribution is 5.31. The van der Waals surface area contributed by atoms with E-state index in [-0.39, 0.29) is 12.1 Å². The molecule has 2 atom stereocenters. The van der Waals surface area contributed by atoms with E-state index in [1.165, 1.54) is 12.1 Å². The number of hydrogen-bond acceptors (Lipinski definition) is 2. The van der Waals surface area contributed by atoms with Crippen molar-refractivity contribution in [1.29, 1.82) is 0 Å². The summed E-state index contributed by atoms with van der Waals surface area (Å²) in [6.07, 6.45) is -4.30. The minimum atomic E-state index is -4.30. The highest BCUT2D eigenvalue weighted by Crippen LogP contribution is 2.30. The van der Waals surface area contributed by atoms with Crippen molar-refractivity contribution in [3.63, 3.8) is 0 Å². The molecule has 0 saturated heterocycles. The number of benzene rings is 2. The van der Waals surface area contributed by atoms with Crippen LogP contribution in [-0.2, 0) is 6.18 Å². The normalized spacial score (nSPS) is 14.2. The Labute approximate surface area is 140 Å². The molecule has 0 amide bonds. The van der Waals surface area contributed by atoms with E-state index in [0.717, 1.165) is 29.0 Å². The summed E-state index contributed by atoms with van der Waals surface area (Å²) in [6.45, 7) is 6.49. The van der Waals surface area contributed by atoms with Crippen LogP contribution in [0.4, 0.5) is 13.2 Å². The van der Waals surface area contributed by atoms with Gasteiger partial charge in [0.25, 0.3) is 0 Å². The van der Waals surface area contributed by atoms with Crippen LogP contribution in [0.1, 0.15) is 49.5 Å². The zero-order valence-corrected chi connectivity index (χ0v) is 14.0. The molecule has 0 bridgehead atoms. The third kappa shape index (κ3) is 4.74. The molecule has 0 radical (unpaired) electrons. The van der Waals surface area contributed by atoms with E-state index < -0.39 is 11.7 Å². The molecule has 0 aromatic heterocycles. The smallest absolute Gasteiger partial charge is 0.416 e. The van der Waals surface area contributed by atoms with Crippen LogP contribution in [0.15, 0.2) is 48.5 Å². The summed E-state index contributed by atoms with van der Waals surface area (Å²) < 4.78 is 43.4. The van der Waals surface area contributed by atoms with Gasteiger partial charge in [-0.3, -0.25) is 0 Å². The van der Waals surface area contributed by atoms with E-state index in [1.54, 1.807) is 0 Å². The maximum Gasteiger partial charge on any atom is 0.416 e. The number of alkyl halides is 3. The topological polar surface area (TPSA) is 21.3 Å². The zero-order valence-electron chi connectivity index (χ0n) is 14.0. The van der Waals surface area contributed by atoms with Crippen LogP contribution in [0.5, 0.6) is 5.75 Å². The Morgan fingerprint density at radius 3 is 2.17 bits per heavy atom. The third-order valence-electron chi connectivity index (χ3n) is 3.91. The number of nitrogens with one attached hydrogen (secondary N) is 1. The summed E-state index contributed by atoms with van der Waals surface area (Å²) in [5, 5.41) is 3.40. The molecule has 0 aliphatic rings. The third-order valence-corrected chi connectivity index (χ3v) is 3.91. The first-order valence-electron chi connectivity index (χ1n) is 7.97. The number of hydrogen-bond donors (Lipinski definition) is 1. The minimum absolute atomic E-state index is 0.0442. The second-order valence-electron chi connectivity index (χ2n) is 5.74. The summed E-state index contributed by atoms with van der Waals surface area (Å²) in [5.41, 5.74) is 1.26. The number of ether oxygens (including phenoxy) is 1. The number of halogens is 3. The van der Waals surface area contributed by atoms with Crippen molar-refractivity contribution in [2.24, 2.45) is 0 Å². The van der Waals surface area contributed by atoms with Crippen molar-refractivity contribution < 1.29 is 17.9 Å². The Balaban J connectivity index is 2.05. The van der Waals surface area contributed by atoms with Crippen molar-refractivity contribution in [3.8, 4) is 5.75 Å². The first kappa shape index (κ1) is 18.3. The molecule has 2 aromatic rings. The van der Waals surface area contributed by atoms with E-state index in [2.05, 4.69) is 5.32 Å². The van der Waals surface area contributed by atoms with Gasteiger partial charge in [0, 0.05) is 12.1 Å². The van der Waals surface area contributed by atoms with Crippen LogP contribution in [-0.4, -0.2) is 6.61 Å². The minimum Gasteiger partial charge on any atom is -0.494 e. The van der Waals surface area contributed by atoms with E-state index in [4.69, 9.17) is 4.74 Å². The molecule has 2 unspecified atom stereocenters. The zero-order chi connectivity index (χ0) is 17.7. The van der Waals surface area contributed by atoms with Crippen molar-refractivity contribution in [2.75, 3.05) is 6.61 Å². The maximum absolute atomic E-state index is 12.6. The molecule has 130 valence electrons. The van der Waals surface area contributed by atoms with E-state index in [1.807, 2.05) is 45.0 Å². The average Bonchev–Trinajstić information content (AvgIpc) is 2.54. The van der Waals surface area contributed by atoms with Gasteiger partial charge < -0.3 is 10.1 Å². The van der Waals surface area contributed by atoms with E-state index >= 15 is 0 Å². The highest BCUT2D eigenvalue weighted by atomic mass is 19.4. The molecular weight excluding hydrogens is 315 g/mol. The second kappa shape index (κ2) is 7.71. The van der Waals surface area contributed by atoms with Gasteiger partial charge in [0.1, 0.15) is 5.75 Å². The van der Waals surface area contributed by atoms with Gasteiger partial charge in [0.2, 0.25) is 0 Å².